The molecule has 1 N–H and O–H groups in total. The van der Waals surface area contributed by atoms with Crippen LogP contribution in [0, 0.1) is 5.92 Å². The largest absolute Gasteiger partial charge is 0.348 e. The molecule has 0 aromatic heterocycles. The van der Waals surface area contributed by atoms with Crippen molar-refractivity contribution >= 4 is 5.91 Å². The van der Waals surface area contributed by atoms with E-state index in [4.69, 9.17) is 0 Å². The molecule has 70 valence electrons. The number of nitrogens with zero attached hydrogens (tertiary/aromatic N) is 1. The summed E-state index contributed by atoms with van der Waals surface area (Å²) in [5.41, 5.74) is 0. The van der Waals surface area contributed by atoms with Crippen LogP contribution in [0.2, 0.25) is 0 Å². The molecule has 1 aliphatic heterocycles. The molecule has 3 nitrogen and oxygen atoms in total. The number of amides is 1. The molecule has 12 heavy (non-hydrogen) atoms. The Balaban J connectivity index is 2.69. The summed E-state index contributed by atoms with van der Waals surface area (Å²) in [5.74, 6) is -4.58. The molecule has 0 radical (unpaired) electrons. The predicted molar refractivity (Wildman–Crippen MR) is 40.0 cm³/mol. The molecule has 1 heterocycles. The van der Waals surface area contributed by atoms with Gasteiger partial charge in [-0.05, 0) is 0 Å². The highest BCUT2D eigenvalue weighted by Gasteiger charge is 2.48. The van der Waals surface area contributed by atoms with Gasteiger partial charge in [0.25, 0.3) is 5.92 Å². The van der Waals surface area contributed by atoms with Crippen molar-refractivity contribution in [2.75, 3.05) is 27.2 Å². The fourth-order valence-electron chi connectivity index (χ4n) is 1.24. The molecule has 0 aliphatic carbocycles. The van der Waals surface area contributed by atoms with Crippen LogP contribution < -0.4 is 5.32 Å². The van der Waals surface area contributed by atoms with Crippen LogP contribution in [-0.2, 0) is 4.79 Å². The average molecular weight is 178 g/mol. The van der Waals surface area contributed by atoms with E-state index in [-0.39, 0.29) is 6.54 Å². The third-order valence-electron chi connectivity index (χ3n) is 1.96. The van der Waals surface area contributed by atoms with E-state index in [2.05, 4.69) is 5.32 Å². The van der Waals surface area contributed by atoms with Gasteiger partial charge in [0.15, 0.2) is 0 Å². The summed E-state index contributed by atoms with van der Waals surface area (Å²) in [4.78, 5) is 12.4. The van der Waals surface area contributed by atoms with Gasteiger partial charge in [0, 0.05) is 20.6 Å². The number of hydrogen-bond acceptors (Lipinski definition) is 2. The van der Waals surface area contributed by atoms with Crippen LogP contribution in [0.25, 0.3) is 0 Å². The molecule has 1 saturated heterocycles. The van der Waals surface area contributed by atoms with E-state index < -0.39 is 24.3 Å². The highest BCUT2D eigenvalue weighted by Crippen LogP contribution is 2.28. The van der Waals surface area contributed by atoms with Crippen molar-refractivity contribution in [2.24, 2.45) is 5.92 Å². The van der Waals surface area contributed by atoms with E-state index in [0.29, 0.717) is 0 Å². The van der Waals surface area contributed by atoms with Crippen molar-refractivity contribution in [3.05, 3.63) is 0 Å². The molecule has 0 bridgehead atoms. The van der Waals surface area contributed by atoms with Gasteiger partial charge in [-0.25, -0.2) is 8.78 Å². The number of alkyl halides is 2. The minimum Gasteiger partial charge on any atom is -0.348 e. The lowest BCUT2D eigenvalue weighted by Gasteiger charge is -2.20. The normalized spacial score (nSPS) is 27.2. The Morgan fingerprint density at radius 1 is 1.58 bits per heavy atom. The lowest BCUT2D eigenvalue weighted by molar-refractivity contribution is -0.142. The van der Waals surface area contributed by atoms with Gasteiger partial charge in [0.1, 0.15) is 5.92 Å². The maximum absolute atomic E-state index is 12.9. The summed E-state index contributed by atoms with van der Waals surface area (Å²) >= 11 is 0. The van der Waals surface area contributed by atoms with Gasteiger partial charge in [-0.3, -0.25) is 4.79 Å². The Hall–Kier alpha value is -0.710. The zero-order valence-electron chi connectivity index (χ0n) is 7.10. The predicted octanol–water partition coefficient (Wildman–Crippen LogP) is -0.0707. The molecule has 1 aliphatic rings. The Morgan fingerprint density at radius 2 is 2.17 bits per heavy atom. The monoisotopic (exact) mass is 178 g/mol. The highest BCUT2D eigenvalue weighted by molar-refractivity contribution is 5.80. The first kappa shape index (κ1) is 9.38. The Labute approximate surface area is 69.7 Å². The minimum absolute atomic E-state index is 0.0734. The van der Waals surface area contributed by atoms with Gasteiger partial charge in [0.2, 0.25) is 5.91 Å². The van der Waals surface area contributed by atoms with Gasteiger partial charge in [-0.1, -0.05) is 0 Å². The molecule has 1 fully saturated rings. The van der Waals surface area contributed by atoms with Gasteiger partial charge in [0.05, 0.1) is 6.54 Å². The molecule has 0 aromatic carbocycles. The molecule has 1 amide bonds. The summed E-state index contributed by atoms with van der Waals surface area (Å²) in [6.45, 7) is -0.318. The van der Waals surface area contributed by atoms with Gasteiger partial charge in [-0.2, -0.15) is 0 Å². The molecular formula is C7H12F2N2O. The second kappa shape index (κ2) is 2.97. The van der Waals surface area contributed by atoms with Crippen LogP contribution >= 0.6 is 0 Å². The summed E-state index contributed by atoms with van der Waals surface area (Å²) in [7, 11) is 2.97. The third-order valence-corrected chi connectivity index (χ3v) is 1.96. The van der Waals surface area contributed by atoms with E-state index >= 15 is 0 Å². The van der Waals surface area contributed by atoms with Crippen molar-refractivity contribution in [1.29, 1.82) is 0 Å². The first-order valence-corrected chi connectivity index (χ1v) is 3.75. The lowest BCUT2D eigenvalue weighted by Crippen LogP contribution is -2.39. The van der Waals surface area contributed by atoms with Gasteiger partial charge in [-0.15, -0.1) is 0 Å². The summed E-state index contributed by atoms with van der Waals surface area (Å²) < 4.78 is 25.8. The minimum atomic E-state index is -2.89. The van der Waals surface area contributed by atoms with E-state index in [9.17, 15) is 13.6 Å². The van der Waals surface area contributed by atoms with Crippen LogP contribution in [0.15, 0.2) is 0 Å². The summed E-state index contributed by atoms with van der Waals surface area (Å²) in [5, 5.41) is 2.50. The van der Waals surface area contributed by atoms with Crippen molar-refractivity contribution in [2.45, 2.75) is 5.92 Å². The maximum Gasteiger partial charge on any atom is 0.273 e. The van der Waals surface area contributed by atoms with Crippen LogP contribution in [0.4, 0.5) is 8.78 Å². The summed E-state index contributed by atoms with van der Waals surface area (Å²) in [6, 6.07) is 0. The quantitative estimate of drug-likeness (QED) is 0.609. The number of carbonyl (C=O) groups excluding carboxylic acids is 1. The van der Waals surface area contributed by atoms with Crippen molar-refractivity contribution < 1.29 is 13.6 Å². The van der Waals surface area contributed by atoms with E-state index in [1.165, 1.54) is 19.0 Å². The Kier molecular flexibility index (Phi) is 2.32. The van der Waals surface area contributed by atoms with Crippen molar-refractivity contribution in [3.8, 4) is 0 Å². The fourth-order valence-corrected chi connectivity index (χ4v) is 1.24. The van der Waals surface area contributed by atoms with Crippen molar-refractivity contribution in [3.63, 3.8) is 0 Å². The molecule has 0 aromatic rings. The van der Waals surface area contributed by atoms with E-state index in [1.807, 2.05) is 0 Å². The topological polar surface area (TPSA) is 32.3 Å². The van der Waals surface area contributed by atoms with Gasteiger partial charge < -0.3 is 10.2 Å². The average Bonchev–Trinajstić information content (AvgIpc) is 2.27. The highest BCUT2D eigenvalue weighted by atomic mass is 19.3. The third kappa shape index (κ3) is 1.55. The number of rotatable bonds is 1. The standard InChI is InChI=1S/C7H12F2N2O/c1-11(2)6(12)5-3-10-4-7(5,8)9/h5,10H,3-4H2,1-2H3. The lowest BCUT2D eigenvalue weighted by atomic mass is 10.0. The van der Waals surface area contributed by atoms with Gasteiger partial charge >= 0.3 is 0 Å². The van der Waals surface area contributed by atoms with Crippen LogP contribution in [0.1, 0.15) is 0 Å². The Bertz CT molecular complexity index is 194. The zero-order chi connectivity index (χ0) is 9.35. The van der Waals surface area contributed by atoms with E-state index in [1.54, 1.807) is 0 Å². The first-order chi connectivity index (χ1) is 5.45. The van der Waals surface area contributed by atoms with Crippen LogP contribution in [0.3, 0.4) is 0 Å². The molecule has 0 spiro atoms. The second-order valence-corrected chi connectivity index (χ2v) is 3.18. The molecule has 0 saturated carbocycles. The molecule has 5 heteroatoms. The van der Waals surface area contributed by atoms with Crippen LogP contribution in [0.5, 0.6) is 0 Å². The number of halogens is 2. The fraction of sp³-hybridized carbons (Fsp3) is 0.857. The second-order valence-electron chi connectivity index (χ2n) is 3.18. The van der Waals surface area contributed by atoms with E-state index in [0.717, 1.165) is 0 Å². The maximum atomic E-state index is 12.9. The molecule has 1 unspecified atom stereocenters. The first-order valence-electron chi connectivity index (χ1n) is 3.75. The SMILES string of the molecule is CN(C)C(=O)C1CNCC1(F)F. The summed E-state index contributed by atoms with van der Waals surface area (Å²) in [6.07, 6.45) is 0. The van der Waals surface area contributed by atoms with Crippen LogP contribution in [-0.4, -0.2) is 43.9 Å². The molecule has 1 rings (SSSR count). The molecule has 1 atom stereocenters. The number of hydrogen-bond donors (Lipinski definition) is 1. The number of carbonyl (C=O) groups is 1. The number of nitrogens with one attached hydrogen (secondary N) is 1. The van der Waals surface area contributed by atoms with Crippen molar-refractivity contribution in [1.82, 2.24) is 10.2 Å². The molecular weight excluding hydrogens is 166 g/mol. The smallest absolute Gasteiger partial charge is 0.273 e. The Morgan fingerprint density at radius 3 is 2.50 bits per heavy atom. The zero-order valence-corrected chi connectivity index (χ0v) is 7.10.